The number of nitrogens with one attached hydrogen (secondary N) is 1. The van der Waals surface area contributed by atoms with E-state index in [0.717, 1.165) is 22.9 Å². The first-order chi connectivity index (χ1) is 8.88. The molecule has 3 rings (SSSR count). The van der Waals surface area contributed by atoms with E-state index in [0.29, 0.717) is 19.8 Å². The molecule has 3 N–H and O–H groups in total. The lowest BCUT2D eigenvalue weighted by molar-refractivity contribution is 0.171. The summed E-state index contributed by atoms with van der Waals surface area (Å²) in [7, 11) is 0. The number of nitrogens with two attached hydrogens (primary N) is 1. The number of hydrogen-bond acceptors (Lipinski definition) is 4. The third-order valence-corrected chi connectivity index (χ3v) is 3.05. The zero-order valence-electron chi connectivity index (χ0n) is 9.93. The molecule has 1 atom stereocenters. The van der Waals surface area contributed by atoms with Gasteiger partial charge >= 0.3 is 0 Å². The summed E-state index contributed by atoms with van der Waals surface area (Å²) in [6.07, 6.45) is 3.53. The van der Waals surface area contributed by atoms with Gasteiger partial charge < -0.3 is 20.2 Å². The molecule has 2 aromatic rings. The van der Waals surface area contributed by atoms with Crippen molar-refractivity contribution in [1.82, 2.24) is 9.97 Å². The van der Waals surface area contributed by atoms with Crippen molar-refractivity contribution >= 4 is 0 Å². The van der Waals surface area contributed by atoms with E-state index < -0.39 is 0 Å². The van der Waals surface area contributed by atoms with Gasteiger partial charge in [-0.1, -0.05) is 6.07 Å². The third-order valence-electron chi connectivity index (χ3n) is 3.05. The van der Waals surface area contributed by atoms with Crippen LogP contribution < -0.4 is 15.2 Å². The molecule has 1 aromatic heterocycles. The molecule has 2 heterocycles. The van der Waals surface area contributed by atoms with Gasteiger partial charge in [0.15, 0.2) is 11.5 Å². The van der Waals surface area contributed by atoms with Crippen LogP contribution in [0, 0.1) is 0 Å². The minimum Gasteiger partial charge on any atom is -0.486 e. The van der Waals surface area contributed by atoms with Gasteiger partial charge in [-0.15, -0.1) is 0 Å². The molecule has 1 aromatic carbocycles. The lowest BCUT2D eigenvalue weighted by Gasteiger charge is -2.20. The molecule has 0 saturated heterocycles. The molecule has 0 amide bonds. The second kappa shape index (κ2) is 4.70. The molecule has 5 heteroatoms. The molecule has 0 aliphatic carbocycles. The minimum absolute atomic E-state index is 0.0517. The van der Waals surface area contributed by atoms with Crippen molar-refractivity contribution in [2.24, 2.45) is 5.73 Å². The fourth-order valence-corrected chi connectivity index (χ4v) is 2.15. The average Bonchev–Trinajstić information content (AvgIpc) is 2.93. The predicted octanol–water partition coefficient (Wildman–Crippen LogP) is 1.27. The summed E-state index contributed by atoms with van der Waals surface area (Å²) in [5.74, 6) is 2.49. The first-order valence-electron chi connectivity index (χ1n) is 5.97. The average molecular weight is 245 g/mol. The van der Waals surface area contributed by atoms with Gasteiger partial charge in [0.1, 0.15) is 19.0 Å². The van der Waals surface area contributed by atoms with E-state index in [2.05, 4.69) is 9.97 Å². The van der Waals surface area contributed by atoms with E-state index in [-0.39, 0.29) is 5.92 Å². The SMILES string of the molecule is NCC(c1ccc2c(c1)OCCO2)c1ncc[nH]1. The van der Waals surface area contributed by atoms with E-state index in [1.807, 2.05) is 18.2 Å². The minimum atomic E-state index is 0.0517. The van der Waals surface area contributed by atoms with Crippen molar-refractivity contribution in [3.8, 4) is 11.5 Å². The molecule has 1 unspecified atom stereocenters. The number of H-pyrrole nitrogens is 1. The van der Waals surface area contributed by atoms with Crippen LogP contribution in [0.25, 0.3) is 0 Å². The maximum atomic E-state index is 5.84. The monoisotopic (exact) mass is 245 g/mol. The van der Waals surface area contributed by atoms with Gasteiger partial charge in [-0.2, -0.15) is 0 Å². The Morgan fingerprint density at radius 1 is 1.28 bits per heavy atom. The Kier molecular flexibility index (Phi) is 2.90. The van der Waals surface area contributed by atoms with Crippen LogP contribution in [0.2, 0.25) is 0 Å². The van der Waals surface area contributed by atoms with Crippen LogP contribution in [0.3, 0.4) is 0 Å². The van der Waals surface area contributed by atoms with Gasteiger partial charge in [0, 0.05) is 18.9 Å². The molecule has 0 bridgehead atoms. The highest BCUT2D eigenvalue weighted by atomic mass is 16.6. The number of ether oxygens (including phenoxy) is 2. The second-order valence-corrected chi connectivity index (χ2v) is 4.17. The van der Waals surface area contributed by atoms with Crippen LogP contribution in [0.5, 0.6) is 11.5 Å². The number of nitrogens with zero attached hydrogens (tertiary/aromatic N) is 1. The Morgan fingerprint density at radius 3 is 2.83 bits per heavy atom. The quantitative estimate of drug-likeness (QED) is 0.854. The summed E-state index contributed by atoms with van der Waals surface area (Å²) in [5, 5.41) is 0. The van der Waals surface area contributed by atoms with Crippen molar-refractivity contribution in [2.45, 2.75) is 5.92 Å². The van der Waals surface area contributed by atoms with Gasteiger partial charge in [0.05, 0.1) is 5.92 Å². The van der Waals surface area contributed by atoms with Crippen LogP contribution in [-0.4, -0.2) is 29.7 Å². The van der Waals surface area contributed by atoms with E-state index in [1.54, 1.807) is 12.4 Å². The van der Waals surface area contributed by atoms with Crippen molar-refractivity contribution in [1.29, 1.82) is 0 Å². The highest BCUT2D eigenvalue weighted by molar-refractivity contribution is 5.45. The Balaban J connectivity index is 1.95. The largest absolute Gasteiger partial charge is 0.486 e. The van der Waals surface area contributed by atoms with Crippen LogP contribution in [0.1, 0.15) is 17.3 Å². The number of rotatable bonds is 3. The van der Waals surface area contributed by atoms with Crippen molar-refractivity contribution < 1.29 is 9.47 Å². The normalized spacial score (nSPS) is 15.4. The fourth-order valence-electron chi connectivity index (χ4n) is 2.15. The highest BCUT2D eigenvalue weighted by Gasteiger charge is 2.18. The molecule has 0 spiro atoms. The smallest absolute Gasteiger partial charge is 0.161 e. The summed E-state index contributed by atoms with van der Waals surface area (Å²) in [6.45, 7) is 1.68. The molecule has 0 saturated carbocycles. The van der Waals surface area contributed by atoms with Gasteiger partial charge in [0.2, 0.25) is 0 Å². The first-order valence-corrected chi connectivity index (χ1v) is 5.97. The summed E-state index contributed by atoms with van der Waals surface area (Å²) < 4.78 is 11.1. The van der Waals surface area contributed by atoms with Crippen molar-refractivity contribution in [3.63, 3.8) is 0 Å². The zero-order chi connectivity index (χ0) is 12.4. The van der Waals surface area contributed by atoms with Crippen molar-refractivity contribution in [2.75, 3.05) is 19.8 Å². The lowest BCUT2D eigenvalue weighted by atomic mass is 9.98. The fraction of sp³-hybridized carbons (Fsp3) is 0.308. The standard InChI is InChI=1S/C13H15N3O2/c14-8-10(13-15-3-4-16-13)9-1-2-11-12(7-9)18-6-5-17-11/h1-4,7,10H,5-6,8,14H2,(H,15,16). The summed E-state index contributed by atoms with van der Waals surface area (Å²) in [6, 6.07) is 5.91. The van der Waals surface area contributed by atoms with Crippen LogP contribution in [0.4, 0.5) is 0 Å². The Bertz CT molecular complexity index is 525. The molecule has 1 aliphatic rings. The van der Waals surface area contributed by atoms with E-state index in [1.165, 1.54) is 0 Å². The number of imidazole rings is 1. The molecule has 5 nitrogen and oxygen atoms in total. The van der Waals surface area contributed by atoms with Gasteiger partial charge in [-0.05, 0) is 17.7 Å². The number of aromatic amines is 1. The summed E-state index contributed by atoms with van der Waals surface area (Å²) in [4.78, 5) is 7.37. The zero-order valence-corrected chi connectivity index (χ0v) is 9.93. The third kappa shape index (κ3) is 1.93. The number of benzene rings is 1. The summed E-state index contributed by atoms with van der Waals surface area (Å²) in [5.41, 5.74) is 6.92. The molecule has 94 valence electrons. The van der Waals surface area contributed by atoms with Crippen molar-refractivity contribution in [3.05, 3.63) is 42.0 Å². The van der Waals surface area contributed by atoms with Crippen LogP contribution in [-0.2, 0) is 0 Å². The topological polar surface area (TPSA) is 73.2 Å². The predicted molar refractivity (Wildman–Crippen MR) is 66.9 cm³/mol. The first kappa shape index (κ1) is 11.1. The number of aromatic nitrogens is 2. The highest BCUT2D eigenvalue weighted by Crippen LogP contribution is 2.34. The molecular weight excluding hydrogens is 230 g/mol. The van der Waals surface area contributed by atoms with Crippen LogP contribution >= 0.6 is 0 Å². The molecule has 0 fully saturated rings. The maximum absolute atomic E-state index is 5.84. The number of fused-ring (bicyclic) bond motifs is 1. The Hall–Kier alpha value is -2.01. The molecular formula is C13H15N3O2. The lowest BCUT2D eigenvalue weighted by Crippen LogP contribution is -2.18. The molecule has 0 radical (unpaired) electrons. The van der Waals surface area contributed by atoms with E-state index in [9.17, 15) is 0 Å². The van der Waals surface area contributed by atoms with E-state index >= 15 is 0 Å². The van der Waals surface area contributed by atoms with Crippen LogP contribution in [0.15, 0.2) is 30.6 Å². The van der Waals surface area contributed by atoms with Gasteiger partial charge in [0.25, 0.3) is 0 Å². The second-order valence-electron chi connectivity index (χ2n) is 4.17. The van der Waals surface area contributed by atoms with Gasteiger partial charge in [-0.25, -0.2) is 4.98 Å². The Labute approximate surface area is 105 Å². The van der Waals surface area contributed by atoms with Gasteiger partial charge in [-0.3, -0.25) is 0 Å². The summed E-state index contributed by atoms with van der Waals surface area (Å²) >= 11 is 0. The number of hydrogen-bond donors (Lipinski definition) is 2. The molecule has 18 heavy (non-hydrogen) atoms. The Morgan fingerprint density at radius 2 is 2.11 bits per heavy atom. The maximum Gasteiger partial charge on any atom is 0.161 e. The van der Waals surface area contributed by atoms with E-state index in [4.69, 9.17) is 15.2 Å². The molecule has 1 aliphatic heterocycles.